The van der Waals surface area contributed by atoms with Gasteiger partial charge in [-0.3, -0.25) is 4.57 Å². The number of rotatable bonds is 5. The molecule has 1 aromatic heterocycles. The van der Waals surface area contributed by atoms with E-state index in [0.29, 0.717) is 39.1 Å². The molecule has 0 bridgehead atoms. The summed E-state index contributed by atoms with van der Waals surface area (Å²) >= 11 is 0. The van der Waals surface area contributed by atoms with E-state index < -0.39 is 17.8 Å². The molecule has 152 valence electrons. The fourth-order valence-electron chi connectivity index (χ4n) is 3.38. The van der Waals surface area contributed by atoms with Crippen molar-refractivity contribution >= 4 is 36.2 Å². The topological polar surface area (TPSA) is 66.9 Å². The van der Waals surface area contributed by atoms with Crippen molar-refractivity contribution in [3.05, 3.63) is 52.8 Å². The summed E-state index contributed by atoms with van der Waals surface area (Å²) < 4.78 is 51.3. The minimum Gasteiger partial charge on any atom is -0.387 e. The maximum Gasteiger partial charge on any atom is 0.416 e. The van der Waals surface area contributed by atoms with Crippen molar-refractivity contribution in [1.29, 1.82) is 0 Å². The molecule has 3 aromatic rings. The van der Waals surface area contributed by atoms with Gasteiger partial charge in [-0.15, -0.1) is 0 Å². The molecule has 3 rings (SSSR count). The molecule has 2 aromatic carbocycles. The summed E-state index contributed by atoms with van der Waals surface area (Å²) in [5, 5.41) is 7.37. The molecule has 29 heavy (non-hydrogen) atoms. The van der Waals surface area contributed by atoms with Crippen LogP contribution in [0.25, 0.3) is 10.9 Å². The molecular weight excluding hydrogens is 400 g/mol. The second-order valence-electron chi connectivity index (χ2n) is 6.73. The summed E-state index contributed by atoms with van der Waals surface area (Å²) in [5.74, 6) is 0.992. The van der Waals surface area contributed by atoms with Crippen LogP contribution in [0.4, 0.5) is 24.7 Å². The van der Waals surface area contributed by atoms with Gasteiger partial charge in [0.05, 0.1) is 28.1 Å². The molecule has 0 aliphatic rings. The van der Waals surface area contributed by atoms with E-state index >= 15 is 0 Å². The van der Waals surface area contributed by atoms with Crippen molar-refractivity contribution in [3.8, 4) is 0 Å². The van der Waals surface area contributed by atoms with E-state index in [9.17, 15) is 17.7 Å². The average molecular weight is 420 g/mol. The van der Waals surface area contributed by atoms with Gasteiger partial charge >= 0.3 is 6.18 Å². The van der Waals surface area contributed by atoms with Crippen LogP contribution in [0.3, 0.4) is 0 Å². The maximum atomic E-state index is 13.3. The minimum atomic E-state index is -4.41. The Morgan fingerprint density at radius 2 is 1.86 bits per heavy atom. The lowest BCUT2D eigenvalue weighted by molar-refractivity contribution is -0.138. The molecule has 0 amide bonds. The Labute approximate surface area is 168 Å². The van der Waals surface area contributed by atoms with Gasteiger partial charge < -0.3 is 10.6 Å². The second-order valence-corrected chi connectivity index (χ2v) is 7.40. The van der Waals surface area contributed by atoms with Gasteiger partial charge in [-0.25, -0.2) is 9.97 Å². The first-order chi connectivity index (χ1) is 13.7. The van der Waals surface area contributed by atoms with Crippen LogP contribution in [0, 0.1) is 13.8 Å². The Morgan fingerprint density at radius 1 is 1.14 bits per heavy atom. The van der Waals surface area contributed by atoms with Gasteiger partial charge in [0, 0.05) is 12.4 Å². The van der Waals surface area contributed by atoms with E-state index in [2.05, 4.69) is 20.6 Å². The van der Waals surface area contributed by atoms with Gasteiger partial charge in [0.2, 0.25) is 0 Å². The lowest BCUT2D eigenvalue weighted by Crippen LogP contribution is -2.15. The van der Waals surface area contributed by atoms with Gasteiger partial charge in [0.25, 0.3) is 0 Å². The predicted octanol–water partition coefficient (Wildman–Crippen LogP) is 5.40. The molecule has 0 saturated heterocycles. The number of halogens is 3. The molecule has 1 unspecified atom stereocenters. The largest absolute Gasteiger partial charge is 0.416 e. The van der Waals surface area contributed by atoms with Crippen molar-refractivity contribution < 1.29 is 17.7 Å². The Kier molecular flexibility index (Phi) is 5.75. The summed E-state index contributed by atoms with van der Waals surface area (Å²) in [6.07, 6.45) is -4.41. The first kappa shape index (κ1) is 21.0. The number of hydrogen-bond acceptors (Lipinski definition) is 5. The van der Waals surface area contributed by atoms with Crippen molar-refractivity contribution in [2.75, 3.05) is 17.7 Å². The summed E-state index contributed by atoms with van der Waals surface area (Å²) in [7, 11) is 1.56. The Bertz CT molecular complexity index is 1090. The van der Waals surface area contributed by atoms with Gasteiger partial charge in [0.1, 0.15) is 11.6 Å². The van der Waals surface area contributed by atoms with E-state index in [4.69, 9.17) is 0 Å². The third-order valence-electron chi connectivity index (χ3n) is 4.79. The fourth-order valence-corrected chi connectivity index (χ4v) is 3.84. The number of nitrogens with zero attached hydrogens (tertiary/aromatic N) is 2. The monoisotopic (exact) mass is 420 g/mol. The van der Waals surface area contributed by atoms with Crippen LogP contribution >= 0.6 is 8.46 Å². The van der Waals surface area contributed by atoms with Crippen LogP contribution in [0.2, 0.25) is 0 Å². The SMILES string of the molecule is CNc1cc2nc(C)nc(NC(C)c3cccc(C(F)(F)F)c3C)c2cc1P=O. The maximum absolute atomic E-state index is 13.3. The van der Waals surface area contributed by atoms with Crippen molar-refractivity contribution in [2.45, 2.75) is 33.0 Å². The molecular formula is C20H20F3N4OP. The Morgan fingerprint density at radius 3 is 2.48 bits per heavy atom. The van der Waals surface area contributed by atoms with Gasteiger partial charge in [0.15, 0.2) is 8.46 Å². The molecule has 0 radical (unpaired) electrons. The summed E-state index contributed by atoms with van der Waals surface area (Å²) in [6.45, 7) is 4.98. The van der Waals surface area contributed by atoms with Crippen LogP contribution in [-0.2, 0) is 10.7 Å². The van der Waals surface area contributed by atoms with Crippen molar-refractivity contribution in [2.24, 2.45) is 0 Å². The molecule has 0 aliphatic heterocycles. The number of benzene rings is 2. The van der Waals surface area contributed by atoms with Gasteiger partial charge in [-0.1, -0.05) is 12.1 Å². The first-order valence-electron chi connectivity index (χ1n) is 8.92. The molecule has 5 nitrogen and oxygen atoms in total. The van der Waals surface area contributed by atoms with Crippen LogP contribution in [0.1, 0.15) is 35.5 Å². The zero-order valence-electron chi connectivity index (χ0n) is 16.3. The van der Waals surface area contributed by atoms with Gasteiger partial charge in [-0.05, 0) is 50.1 Å². The highest BCUT2D eigenvalue weighted by Gasteiger charge is 2.33. The number of hydrogen-bond donors (Lipinski definition) is 2. The minimum absolute atomic E-state index is 0.160. The molecule has 2 N–H and O–H groups in total. The number of aromatic nitrogens is 2. The highest BCUT2D eigenvalue weighted by Crippen LogP contribution is 2.35. The zero-order valence-corrected chi connectivity index (χ0v) is 17.2. The molecule has 0 aliphatic carbocycles. The number of anilines is 2. The van der Waals surface area contributed by atoms with Gasteiger partial charge in [-0.2, -0.15) is 13.2 Å². The molecule has 0 saturated carbocycles. The molecule has 0 fully saturated rings. The second kappa shape index (κ2) is 7.95. The highest BCUT2D eigenvalue weighted by molar-refractivity contribution is 7.34. The first-order valence-corrected chi connectivity index (χ1v) is 9.73. The van der Waals surface area contributed by atoms with Crippen molar-refractivity contribution in [1.82, 2.24) is 9.97 Å². The lowest BCUT2D eigenvalue weighted by Gasteiger charge is -2.21. The average Bonchev–Trinajstić information content (AvgIpc) is 2.65. The standard InChI is InChI=1S/C20H20F3N4OP/c1-10-13(6-5-7-15(10)20(21,22)23)11(2)25-19-14-8-18(29-28)17(24-4)9-16(14)26-12(3)27-19/h5-9,11,24H,1-4H3,(H,25,26,27). The zero-order chi connectivity index (χ0) is 21.3. The number of nitrogens with one attached hydrogen (secondary N) is 2. The van der Waals surface area contributed by atoms with Crippen LogP contribution < -0.4 is 15.9 Å². The number of aryl methyl sites for hydroxylation is 1. The fraction of sp³-hybridized carbons (Fsp3) is 0.300. The van der Waals surface area contributed by atoms with E-state index in [-0.39, 0.29) is 14.0 Å². The highest BCUT2D eigenvalue weighted by atomic mass is 31.1. The Balaban J connectivity index is 2.07. The van der Waals surface area contributed by atoms with E-state index in [1.165, 1.54) is 13.0 Å². The molecule has 9 heteroatoms. The van der Waals surface area contributed by atoms with Crippen LogP contribution in [0.5, 0.6) is 0 Å². The number of fused-ring (bicyclic) bond motifs is 1. The van der Waals surface area contributed by atoms with Crippen molar-refractivity contribution in [3.63, 3.8) is 0 Å². The third-order valence-corrected chi connectivity index (χ3v) is 5.36. The van der Waals surface area contributed by atoms with Crippen LogP contribution in [-0.4, -0.2) is 17.0 Å². The molecule has 1 heterocycles. The normalized spacial score (nSPS) is 12.9. The van der Waals surface area contributed by atoms with E-state index in [1.54, 1.807) is 39.1 Å². The Hall–Kier alpha value is -2.73. The lowest BCUT2D eigenvalue weighted by atomic mass is 9.97. The third kappa shape index (κ3) is 4.17. The van der Waals surface area contributed by atoms with E-state index in [0.717, 1.165) is 6.07 Å². The van der Waals surface area contributed by atoms with Crippen LogP contribution in [0.15, 0.2) is 30.3 Å². The summed E-state index contributed by atoms with van der Waals surface area (Å²) in [5.41, 5.74) is 1.37. The molecule has 0 spiro atoms. The summed E-state index contributed by atoms with van der Waals surface area (Å²) in [6, 6.07) is 7.19. The summed E-state index contributed by atoms with van der Waals surface area (Å²) in [4.78, 5) is 8.85. The quantitative estimate of drug-likeness (QED) is 0.541. The molecule has 1 atom stereocenters. The predicted molar refractivity (Wildman–Crippen MR) is 109 cm³/mol. The smallest absolute Gasteiger partial charge is 0.387 e. The number of alkyl halides is 3. The van der Waals surface area contributed by atoms with E-state index in [1.807, 2.05) is 0 Å².